The quantitative estimate of drug-likeness (QED) is 0.531. The van der Waals surface area contributed by atoms with Crippen LogP contribution in [-0.2, 0) is 14.3 Å². The van der Waals surface area contributed by atoms with Gasteiger partial charge in [-0.25, -0.2) is 0 Å². The number of ether oxygens (including phenoxy) is 2. The molecule has 0 aromatic heterocycles. The van der Waals surface area contributed by atoms with Crippen molar-refractivity contribution in [2.24, 2.45) is 23.7 Å². The fraction of sp³-hybridized carbons (Fsp3) is 0.727. The molecule has 4 aliphatic rings. The summed E-state index contributed by atoms with van der Waals surface area (Å²) in [7, 11) is 0. The van der Waals surface area contributed by atoms with Crippen LogP contribution in [0.4, 0.5) is 0 Å². The summed E-state index contributed by atoms with van der Waals surface area (Å²) in [4.78, 5) is 12.0. The lowest BCUT2D eigenvalue weighted by molar-refractivity contribution is -0.166. The Labute approximate surface area is 82.1 Å². The summed E-state index contributed by atoms with van der Waals surface area (Å²) < 4.78 is 10.9. The zero-order valence-corrected chi connectivity index (χ0v) is 7.76. The predicted molar refractivity (Wildman–Crippen MR) is 47.3 cm³/mol. The second kappa shape index (κ2) is 2.28. The molecule has 2 aliphatic carbocycles. The number of hydrogen-bond donors (Lipinski definition) is 0. The highest BCUT2D eigenvalue weighted by Crippen LogP contribution is 2.54. The van der Waals surface area contributed by atoms with E-state index in [1.807, 2.05) is 0 Å². The number of ketones is 1. The summed E-state index contributed by atoms with van der Waals surface area (Å²) in [5, 5.41) is 0. The van der Waals surface area contributed by atoms with Crippen LogP contribution in [0.1, 0.15) is 6.42 Å². The maximum Gasteiger partial charge on any atom is 0.218 e. The predicted octanol–water partition coefficient (Wildman–Crippen LogP) is 0.749. The Bertz CT molecular complexity index is 335. The van der Waals surface area contributed by atoms with Crippen molar-refractivity contribution in [2.45, 2.75) is 18.8 Å². The van der Waals surface area contributed by atoms with Gasteiger partial charge in [0.15, 0.2) is 5.78 Å². The average Bonchev–Trinajstić information content (AvgIpc) is 2.89. The lowest BCUT2D eigenvalue weighted by atomic mass is 9.76. The molecular formula is C11H12O3. The van der Waals surface area contributed by atoms with E-state index in [9.17, 15) is 4.79 Å². The lowest BCUT2D eigenvalue weighted by Gasteiger charge is -2.34. The highest BCUT2D eigenvalue weighted by atomic mass is 16.7. The van der Waals surface area contributed by atoms with Gasteiger partial charge < -0.3 is 9.47 Å². The average molecular weight is 192 g/mol. The van der Waals surface area contributed by atoms with Gasteiger partial charge in [0.2, 0.25) is 6.29 Å². The topological polar surface area (TPSA) is 35.5 Å². The number of Topliss-reactive ketones (excluding diaryl/α,β-unsaturated/α-hetero) is 1. The van der Waals surface area contributed by atoms with E-state index in [0.29, 0.717) is 24.4 Å². The molecular weight excluding hydrogens is 180 g/mol. The largest absolute Gasteiger partial charge is 0.343 e. The van der Waals surface area contributed by atoms with Gasteiger partial charge >= 0.3 is 0 Å². The molecule has 0 unspecified atom stereocenters. The molecule has 0 aromatic rings. The van der Waals surface area contributed by atoms with Crippen molar-refractivity contribution in [2.75, 3.05) is 6.61 Å². The molecule has 0 spiro atoms. The second-order valence-electron chi connectivity index (χ2n) is 4.79. The van der Waals surface area contributed by atoms with E-state index in [1.165, 1.54) is 0 Å². The van der Waals surface area contributed by atoms with Crippen LogP contribution in [-0.4, -0.2) is 24.8 Å². The minimum Gasteiger partial charge on any atom is -0.343 e. The Morgan fingerprint density at radius 1 is 1.29 bits per heavy atom. The van der Waals surface area contributed by atoms with Crippen LogP contribution in [0.25, 0.3) is 0 Å². The van der Waals surface area contributed by atoms with Crippen molar-refractivity contribution in [3.63, 3.8) is 0 Å². The summed E-state index contributed by atoms with van der Waals surface area (Å²) in [6, 6.07) is 0. The van der Waals surface area contributed by atoms with Crippen molar-refractivity contribution < 1.29 is 14.3 Å². The first kappa shape index (κ1) is 7.60. The molecule has 2 aliphatic heterocycles. The van der Waals surface area contributed by atoms with Crippen molar-refractivity contribution >= 4 is 5.78 Å². The summed E-state index contributed by atoms with van der Waals surface area (Å²) in [6.45, 7) is 0.620. The Hall–Kier alpha value is -0.670. The van der Waals surface area contributed by atoms with Gasteiger partial charge in [-0.3, -0.25) is 4.79 Å². The third-order valence-electron chi connectivity index (χ3n) is 4.22. The maximum atomic E-state index is 12.0. The molecule has 1 saturated carbocycles. The van der Waals surface area contributed by atoms with Gasteiger partial charge in [-0.2, -0.15) is 0 Å². The first-order valence-electron chi connectivity index (χ1n) is 5.34. The second-order valence-corrected chi connectivity index (χ2v) is 4.79. The van der Waals surface area contributed by atoms with Gasteiger partial charge in [0, 0.05) is 11.8 Å². The van der Waals surface area contributed by atoms with E-state index >= 15 is 0 Å². The number of allylic oxidation sites excluding steroid dienone is 2. The standard InChI is InChI=1S/C11H12O3/c12-10-9-6-2-1-5(3-6)8(9)7-4-13-11(10)14-7/h1-2,5-9,11H,3-4H2/t5-,6+,7+,8+,9+,11+/m0/s1. The van der Waals surface area contributed by atoms with Crippen LogP contribution in [0.15, 0.2) is 12.2 Å². The number of fused-ring (bicyclic) bond motifs is 8. The van der Waals surface area contributed by atoms with E-state index in [4.69, 9.17) is 9.47 Å². The molecule has 3 fully saturated rings. The Morgan fingerprint density at radius 3 is 3.07 bits per heavy atom. The van der Waals surface area contributed by atoms with Gasteiger partial charge in [0.1, 0.15) is 0 Å². The normalized spacial score (nSPS) is 58.1. The van der Waals surface area contributed by atoms with Crippen molar-refractivity contribution in [1.29, 1.82) is 0 Å². The van der Waals surface area contributed by atoms with E-state index in [0.717, 1.165) is 6.42 Å². The molecule has 0 amide bonds. The highest BCUT2D eigenvalue weighted by molar-refractivity contribution is 5.87. The van der Waals surface area contributed by atoms with Crippen LogP contribution in [0.3, 0.4) is 0 Å². The van der Waals surface area contributed by atoms with Gasteiger partial charge in [-0.1, -0.05) is 12.2 Å². The number of rotatable bonds is 0. The lowest BCUT2D eigenvalue weighted by Crippen LogP contribution is -2.45. The van der Waals surface area contributed by atoms with E-state index < -0.39 is 6.29 Å². The number of carbonyl (C=O) groups is 1. The van der Waals surface area contributed by atoms with Gasteiger partial charge in [0.25, 0.3) is 0 Å². The molecule has 3 heteroatoms. The minimum absolute atomic E-state index is 0.183. The maximum absolute atomic E-state index is 12.0. The van der Waals surface area contributed by atoms with Crippen LogP contribution in [0.2, 0.25) is 0 Å². The van der Waals surface area contributed by atoms with Gasteiger partial charge in [-0.15, -0.1) is 0 Å². The summed E-state index contributed by atoms with van der Waals surface area (Å²) in [5.74, 6) is 1.86. The molecule has 3 nitrogen and oxygen atoms in total. The fourth-order valence-electron chi connectivity index (χ4n) is 3.70. The Balaban J connectivity index is 1.81. The SMILES string of the molecule is O=C1[C@@H]2OC[C@@H](O2)[C@@H]2[C@H]1[C@@H]1C=C[C@H]2C1. The van der Waals surface area contributed by atoms with E-state index in [-0.39, 0.29) is 17.8 Å². The van der Waals surface area contributed by atoms with Crippen LogP contribution in [0, 0.1) is 23.7 Å². The van der Waals surface area contributed by atoms with E-state index in [2.05, 4.69) is 12.2 Å². The van der Waals surface area contributed by atoms with Crippen LogP contribution >= 0.6 is 0 Å². The molecule has 74 valence electrons. The molecule has 14 heavy (non-hydrogen) atoms. The summed E-state index contributed by atoms with van der Waals surface area (Å²) >= 11 is 0. The van der Waals surface area contributed by atoms with Gasteiger partial charge in [0.05, 0.1) is 12.7 Å². The molecule has 0 radical (unpaired) electrons. The summed E-state index contributed by atoms with van der Waals surface area (Å²) in [5.41, 5.74) is 0. The minimum atomic E-state index is -0.533. The fourth-order valence-corrected chi connectivity index (χ4v) is 3.70. The zero-order chi connectivity index (χ0) is 9.28. The third-order valence-corrected chi connectivity index (χ3v) is 4.22. The molecule has 2 heterocycles. The van der Waals surface area contributed by atoms with Crippen molar-refractivity contribution in [1.82, 2.24) is 0 Å². The smallest absolute Gasteiger partial charge is 0.218 e. The third kappa shape index (κ3) is 0.708. The Kier molecular flexibility index (Phi) is 1.24. The molecule has 6 atom stereocenters. The molecule has 2 saturated heterocycles. The van der Waals surface area contributed by atoms with Crippen LogP contribution in [0.5, 0.6) is 0 Å². The summed E-state index contributed by atoms with van der Waals surface area (Å²) in [6.07, 6.45) is 5.29. The number of carbonyl (C=O) groups excluding carboxylic acids is 1. The number of hydrogen-bond acceptors (Lipinski definition) is 3. The van der Waals surface area contributed by atoms with Crippen molar-refractivity contribution in [3.8, 4) is 0 Å². The Morgan fingerprint density at radius 2 is 2.14 bits per heavy atom. The van der Waals surface area contributed by atoms with E-state index in [1.54, 1.807) is 0 Å². The van der Waals surface area contributed by atoms with Crippen LogP contribution < -0.4 is 0 Å². The molecule has 0 aromatic carbocycles. The highest BCUT2D eigenvalue weighted by Gasteiger charge is 2.59. The first-order valence-corrected chi connectivity index (χ1v) is 5.34. The monoisotopic (exact) mass is 192 g/mol. The first-order chi connectivity index (χ1) is 6.84. The zero-order valence-electron chi connectivity index (χ0n) is 7.76. The molecule has 0 N–H and O–H groups in total. The molecule has 4 rings (SSSR count). The van der Waals surface area contributed by atoms with Gasteiger partial charge in [-0.05, 0) is 18.3 Å². The molecule has 4 bridgehead atoms. The van der Waals surface area contributed by atoms with Crippen molar-refractivity contribution in [3.05, 3.63) is 12.2 Å².